The molecule has 9 aliphatic rings. The minimum Gasteiger partial charge on any atom is -0.484 e. The van der Waals surface area contributed by atoms with Gasteiger partial charge in [-0.25, -0.2) is 0 Å². The SMILES string of the molecule is CC[C@@H](CC[C@@H](C)[C@H]1CCC2=C3CC[C@]45CC6=C(CC[C@@]7(C)[C@H]6CCC6=C8CC[C@H]([C@H](C)CC[C@H](CC)C(C)C)[C@@]8(C)CC[C@@H]67)O[C@@]4(C)C(=O)CC[C@]5(C)C3CC[C@@]21C)C(C)C. The van der Waals surface area contributed by atoms with Gasteiger partial charge in [-0.05, 0) is 208 Å². The summed E-state index contributed by atoms with van der Waals surface area (Å²) in [5, 5.41) is 0. The molecular weight excluding hydrogens is 753 g/mol. The molecule has 0 aromatic carbocycles. The monoisotopic (exact) mass is 849 g/mol. The van der Waals surface area contributed by atoms with Gasteiger partial charge in [0.25, 0.3) is 0 Å². The highest BCUT2D eigenvalue weighted by atomic mass is 16.5. The van der Waals surface area contributed by atoms with E-state index in [0.717, 1.165) is 78.9 Å². The summed E-state index contributed by atoms with van der Waals surface area (Å²) in [6.45, 7) is 33.1. The summed E-state index contributed by atoms with van der Waals surface area (Å²) < 4.78 is 7.55. The quantitative estimate of drug-likeness (QED) is 0.183. The van der Waals surface area contributed by atoms with E-state index in [1.165, 1.54) is 121 Å². The maximum Gasteiger partial charge on any atom is 0.176 e. The highest BCUT2D eigenvalue weighted by molar-refractivity contribution is 5.90. The second-order valence-electron chi connectivity index (χ2n) is 26.5. The number of hydrogen-bond donors (Lipinski definition) is 0. The lowest BCUT2D eigenvalue weighted by atomic mass is 9.37. The Labute approximate surface area is 382 Å². The summed E-state index contributed by atoms with van der Waals surface area (Å²) >= 11 is 0. The zero-order valence-electron chi connectivity index (χ0n) is 42.9. The summed E-state index contributed by atoms with van der Waals surface area (Å²) in [7, 11) is 0. The molecule has 9 rings (SSSR count). The Morgan fingerprint density at radius 1 is 0.548 bits per heavy atom. The van der Waals surface area contributed by atoms with Gasteiger partial charge in [-0.2, -0.15) is 0 Å². The Hall–Kier alpha value is -1.31. The van der Waals surface area contributed by atoms with E-state index in [1.54, 1.807) is 5.57 Å². The predicted molar refractivity (Wildman–Crippen MR) is 260 cm³/mol. The third-order valence-corrected chi connectivity index (χ3v) is 24.0. The lowest BCUT2D eigenvalue weighted by Gasteiger charge is -2.69. The highest BCUT2D eigenvalue weighted by Crippen LogP contribution is 2.76. The number of ether oxygens (including phenoxy) is 1. The van der Waals surface area contributed by atoms with E-state index in [1.807, 2.05) is 22.3 Å². The molecule has 0 saturated heterocycles. The van der Waals surface area contributed by atoms with Gasteiger partial charge in [0, 0.05) is 18.3 Å². The first-order chi connectivity index (χ1) is 29.3. The Bertz CT molecular complexity index is 1840. The molecule has 2 heteroatoms. The van der Waals surface area contributed by atoms with E-state index >= 15 is 0 Å². The molecule has 0 aromatic heterocycles. The van der Waals surface area contributed by atoms with Gasteiger partial charge in [0.05, 0.1) is 5.76 Å². The molecule has 1 spiro atoms. The van der Waals surface area contributed by atoms with E-state index in [-0.39, 0.29) is 10.8 Å². The summed E-state index contributed by atoms with van der Waals surface area (Å²) in [6, 6.07) is 0. The lowest BCUT2D eigenvalue weighted by Crippen LogP contribution is -2.69. The molecule has 1 aliphatic heterocycles. The maximum atomic E-state index is 14.6. The van der Waals surface area contributed by atoms with Crippen LogP contribution in [0.15, 0.2) is 33.6 Å². The number of Topliss-reactive ketones (excluding diaryl/α,β-unsaturated/α-hetero) is 1. The largest absolute Gasteiger partial charge is 0.484 e. The fourth-order valence-corrected chi connectivity index (χ4v) is 20.0. The van der Waals surface area contributed by atoms with Crippen molar-refractivity contribution in [3.63, 3.8) is 0 Å². The van der Waals surface area contributed by atoms with E-state index in [9.17, 15) is 4.79 Å². The molecule has 1 heterocycles. The van der Waals surface area contributed by atoms with Crippen molar-refractivity contribution in [2.45, 2.75) is 243 Å². The van der Waals surface area contributed by atoms with Gasteiger partial charge in [-0.1, -0.05) is 131 Å². The van der Waals surface area contributed by atoms with E-state index < -0.39 is 5.60 Å². The minimum absolute atomic E-state index is 0.1000. The zero-order valence-corrected chi connectivity index (χ0v) is 42.9. The lowest BCUT2D eigenvalue weighted by molar-refractivity contribution is -0.222. The van der Waals surface area contributed by atoms with Gasteiger partial charge in [0.2, 0.25) is 0 Å². The van der Waals surface area contributed by atoms with Crippen LogP contribution in [0.4, 0.5) is 0 Å². The van der Waals surface area contributed by atoms with Crippen molar-refractivity contribution in [1.29, 1.82) is 0 Å². The number of ketones is 1. The maximum absolute atomic E-state index is 14.6. The number of hydrogen-bond acceptors (Lipinski definition) is 2. The van der Waals surface area contributed by atoms with Crippen molar-refractivity contribution in [1.82, 2.24) is 0 Å². The Morgan fingerprint density at radius 3 is 1.63 bits per heavy atom. The van der Waals surface area contributed by atoms with Gasteiger partial charge in [-0.3, -0.25) is 4.79 Å². The normalized spacial score (nSPS) is 44.4. The van der Waals surface area contributed by atoms with Gasteiger partial charge < -0.3 is 4.74 Å². The van der Waals surface area contributed by atoms with Crippen molar-refractivity contribution >= 4 is 5.78 Å². The molecule has 2 nitrogen and oxygen atoms in total. The fraction of sp³-hybridized carbons (Fsp3) is 0.883. The van der Waals surface area contributed by atoms with Crippen molar-refractivity contribution in [2.24, 2.45) is 92.2 Å². The van der Waals surface area contributed by atoms with Crippen LogP contribution in [0, 0.1) is 92.2 Å². The van der Waals surface area contributed by atoms with Gasteiger partial charge in [0.15, 0.2) is 11.4 Å². The first kappa shape index (κ1) is 45.8. The van der Waals surface area contributed by atoms with E-state index in [0.29, 0.717) is 40.3 Å². The third kappa shape index (κ3) is 6.47. The topological polar surface area (TPSA) is 26.3 Å². The van der Waals surface area contributed by atoms with Gasteiger partial charge >= 0.3 is 0 Å². The van der Waals surface area contributed by atoms with Crippen LogP contribution in [0.2, 0.25) is 0 Å². The first-order valence-electron chi connectivity index (χ1n) is 27.7. The average Bonchev–Trinajstić information content (AvgIpc) is 3.78. The number of carbonyl (C=O) groups is 1. The molecule has 8 aliphatic carbocycles. The molecule has 0 amide bonds. The van der Waals surface area contributed by atoms with Crippen LogP contribution in [0.3, 0.4) is 0 Å². The molecule has 15 atom stereocenters. The molecule has 0 N–H and O–H groups in total. The fourth-order valence-electron chi connectivity index (χ4n) is 20.0. The first-order valence-corrected chi connectivity index (χ1v) is 27.7. The smallest absolute Gasteiger partial charge is 0.176 e. The number of carbonyl (C=O) groups excluding carboxylic acids is 1. The Balaban J connectivity index is 0.982. The molecule has 0 radical (unpaired) electrons. The molecule has 348 valence electrons. The van der Waals surface area contributed by atoms with Crippen LogP contribution in [-0.4, -0.2) is 11.4 Å². The minimum atomic E-state index is -0.682. The molecule has 0 bridgehead atoms. The van der Waals surface area contributed by atoms with Crippen molar-refractivity contribution in [3.8, 4) is 0 Å². The van der Waals surface area contributed by atoms with Gasteiger partial charge in [0.1, 0.15) is 0 Å². The van der Waals surface area contributed by atoms with E-state index in [4.69, 9.17) is 4.74 Å². The number of rotatable bonds is 12. The molecule has 5 fully saturated rings. The number of allylic oxidation sites excluding steroid dienone is 6. The van der Waals surface area contributed by atoms with Crippen LogP contribution in [0.5, 0.6) is 0 Å². The molecule has 62 heavy (non-hydrogen) atoms. The Morgan fingerprint density at radius 2 is 1.08 bits per heavy atom. The van der Waals surface area contributed by atoms with Crippen LogP contribution < -0.4 is 0 Å². The standard InChI is InChI=1S/C60H96O2/c1-14-41(37(3)4)18-16-39(7)46-22-24-48-43-20-21-50-45-36-60-35-26-44-49-25-23-47(40(8)17-19-42(15-2)38(5)6)56(49,10)32-28-52(44)58(60,12)34-30-54(61)59(60,13)62-53(45)29-33-57(50,11)51(43)27-31-55(46,48)9/h37-42,46-47,50-52H,14-36H2,1-13H3/t39-,40-,41+,42+,46-,47-,50+,51+,52?,55-,56-,57+,58-,59+,60-/m1/s1. The molecular formula is C60H96O2. The van der Waals surface area contributed by atoms with Crippen LogP contribution in [0.25, 0.3) is 0 Å². The van der Waals surface area contributed by atoms with Crippen LogP contribution >= 0.6 is 0 Å². The van der Waals surface area contributed by atoms with Crippen LogP contribution in [0.1, 0.15) is 238 Å². The number of fused-ring (bicyclic) bond motifs is 8. The molecule has 1 unspecified atom stereocenters. The summed E-state index contributed by atoms with van der Waals surface area (Å²) in [5.41, 5.74) is 9.81. The second-order valence-corrected chi connectivity index (χ2v) is 26.5. The summed E-state index contributed by atoms with van der Waals surface area (Å²) in [4.78, 5) is 14.6. The van der Waals surface area contributed by atoms with Gasteiger partial charge in [-0.15, -0.1) is 0 Å². The zero-order chi connectivity index (χ0) is 44.4. The molecule has 5 saturated carbocycles. The third-order valence-electron chi connectivity index (χ3n) is 24.0. The van der Waals surface area contributed by atoms with E-state index in [2.05, 4.69) is 90.0 Å². The predicted octanol–water partition coefficient (Wildman–Crippen LogP) is 17.2. The highest BCUT2D eigenvalue weighted by Gasteiger charge is 2.73. The van der Waals surface area contributed by atoms with Crippen LogP contribution in [-0.2, 0) is 9.53 Å². The molecule has 0 aromatic rings. The van der Waals surface area contributed by atoms with Crippen molar-refractivity contribution in [2.75, 3.05) is 0 Å². The summed E-state index contributed by atoms with van der Waals surface area (Å²) in [6.07, 6.45) is 29.5. The van der Waals surface area contributed by atoms with Crippen molar-refractivity contribution < 1.29 is 9.53 Å². The Kier molecular flexibility index (Phi) is 12.0. The second kappa shape index (κ2) is 16.2. The summed E-state index contributed by atoms with van der Waals surface area (Å²) in [5.74, 6) is 10.3. The van der Waals surface area contributed by atoms with Crippen molar-refractivity contribution in [3.05, 3.63) is 33.6 Å². The average molecular weight is 849 g/mol.